The smallest absolute Gasteiger partial charge is 0.417 e. The van der Waals surface area contributed by atoms with Crippen molar-refractivity contribution in [3.8, 4) is 5.88 Å². The van der Waals surface area contributed by atoms with Crippen LogP contribution in [-0.2, 0) is 11.0 Å². The van der Waals surface area contributed by atoms with Gasteiger partial charge >= 0.3 is 6.18 Å². The lowest BCUT2D eigenvalue weighted by Crippen LogP contribution is -2.52. The predicted octanol–water partition coefficient (Wildman–Crippen LogP) is 4.24. The third-order valence-corrected chi connectivity index (χ3v) is 6.06. The highest BCUT2D eigenvalue weighted by Gasteiger charge is 2.34. The maximum atomic E-state index is 12.8. The van der Waals surface area contributed by atoms with Gasteiger partial charge in [0.25, 0.3) is 0 Å². The summed E-state index contributed by atoms with van der Waals surface area (Å²) in [6.45, 7) is 7.66. The molecule has 2 heterocycles. The lowest BCUT2D eigenvalue weighted by Gasteiger charge is -2.39. The quantitative estimate of drug-likeness (QED) is 0.712. The van der Waals surface area contributed by atoms with Crippen LogP contribution in [0.1, 0.15) is 45.1 Å². The van der Waals surface area contributed by atoms with E-state index < -0.39 is 11.7 Å². The number of piperazine rings is 1. The molecule has 1 aliphatic heterocycles. The zero-order chi connectivity index (χ0) is 21.2. The Morgan fingerprint density at radius 2 is 1.79 bits per heavy atom. The van der Waals surface area contributed by atoms with Crippen molar-refractivity contribution in [1.82, 2.24) is 14.8 Å². The minimum Gasteiger partial charge on any atom is -0.473 e. The van der Waals surface area contributed by atoms with Crippen molar-refractivity contribution in [2.24, 2.45) is 5.92 Å². The molecule has 162 valence electrons. The van der Waals surface area contributed by atoms with Crippen molar-refractivity contribution < 1.29 is 22.7 Å². The molecule has 0 bridgehead atoms. The number of hydrogen-bond donors (Lipinski definition) is 0. The Kier molecular flexibility index (Phi) is 6.94. The summed E-state index contributed by atoms with van der Waals surface area (Å²) in [4.78, 5) is 20.9. The summed E-state index contributed by atoms with van der Waals surface area (Å²) < 4.78 is 43.9. The molecular formula is C20H27ClF3N3O2. The van der Waals surface area contributed by atoms with Gasteiger partial charge < -0.3 is 9.64 Å². The van der Waals surface area contributed by atoms with Gasteiger partial charge in [0.05, 0.1) is 5.56 Å². The number of pyridine rings is 1. The van der Waals surface area contributed by atoms with Crippen LogP contribution in [0.4, 0.5) is 13.2 Å². The number of amides is 1. The van der Waals surface area contributed by atoms with Crippen molar-refractivity contribution >= 4 is 17.5 Å². The Morgan fingerprint density at radius 1 is 1.17 bits per heavy atom. The van der Waals surface area contributed by atoms with Crippen LogP contribution in [0, 0.1) is 5.92 Å². The van der Waals surface area contributed by atoms with E-state index in [2.05, 4.69) is 23.7 Å². The second-order valence-electron chi connectivity index (χ2n) is 8.06. The van der Waals surface area contributed by atoms with Gasteiger partial charge in [-0.25, -0.2) is 4.98 Å². The Bertz CT molecular complexity index is 713. The second-order valence-corrected chi connectivity index (χ2v) is 8.46. The number of alkyl halides is 3. The first kappa shape index (κ1) is 22.2. The summed E-state index contributed by atoms with van der Waals surface area (Å²) in [5.74, 6) is 0.202. The van der Waals surface area contributed by atoms with Crippen molar-refractivity contribution in [1.29, 1.82) is 0 Å². The fraction of sp³-hybridized carbons (Fsp3) is 0.700. The number of ether oxygens (including phenoxy) is 1. The highest BCUT2D eigenvalue weighted by atomic mass is 35.5. The molecule has 0 aromatic carbocycles. The number of halogens is 4. The van der Waals surface area contributed by atoms with Crippen LogP contribution in [0.15, 0.2) is 12.3 Å². The molecule has 1 aromatic rings. The first-order valence-corrected chi connectivity index (χ1v) is 10.4. The molecule has 29 heavy (non-hydrogen) atoms. The highest BCUT2D eigenvalue weighted by Crippen LogP contribution is 2.35. The van der Waals surface area contributed by atoms with Crippen LogP contribution in [0.2, 0.25) is 5.02 Å². The van der Waals surface area contributed by atoms with Crippen LogP contribution >= 0.6 is 11.6 Å². The molecule has 0 unspecified atom stereocenters. The minimum absolute atomic E-state index is 0.0132. The first-order valence-electron chi connectivity index (χ1n) is 10.1. The van der Waals surface area contributed by atoms with Gasteiger partial charge in [0.15, 0.2) is 0 Å². The molecule has 0 N–H and O–H groups in total. The molecule has 1 aromatic heterocycles. The number of aromatic nitrogens is 1. The van der Waals surface area contributed by atoms with Gasteiger partial charge in [-0.1, -0.05) is 11.6 Å². The molecule has 2 fully saturated rings. The zero-order valence-electron chi connectivity index (χ0n) is 16.7. The Balaban J connectivity index is 1.49. The summed E-state index contributed by atoms with van der Waals surface area (Å²) in [7, 11) is 0. The van der Waals surface area contributed by atoms with E-state index in [-0.39, 0.29) is 28.8 Å². The SMILES string of the molecule is CC(C)N1CCN(C(=O)[C@H]2CC[C@H](Oc3ncc(C(F)(F)F)cc3Cl)CC2)CC1. The number of rotatable bonds is 4. The summed E-state index contributed by atoms with van der Waals surface area (Å²) in [5, 5.41) is -0.152. The van der Waals surface area contributed by atoms with Crippen molar-refractivity contribution in [2.75, 3.05) is 26.2 Å². The normalized spacial score (nSPS) is 24.0. The summed E-state index contributed by atoms with van der Waals surface area (Å²) >= 11 is 5.92. The lowest BCUT2D eigenvalue weighted by atomic mass is 9.86. The standard InChI is InChI=1S/C20H27ClF3N3O2/c1-13(2)26-7-9-27(10-8-26)19(28)14-3-5-16(6-4-14)29-18-17(21)11-15(12-25-18)20(22,23)24/h11-14,16H,3-10H2,1-2H3/t14-,16-. The van der Waals surface area contributed by atoms with Gasteiger partial charge in [0.2, 0.25) is 11.8 Å². The fourth-order valence-corrected chi connectivity index (χ4v) is 4.18. The molecule has 0 radical (unpaired) electrons. The minimum atomic E-state index is -4.49. The van der Waals surface area contributed by atoms with Crippen LogP contribution in [-0.4, -0.2) is 59.0 Å². The maximum absolute atomic E-state index is 12.8. The number of nitrogens with zero attached hydrogens (tertiary/aromatic N) is 3. The van der Waals surface area contributed by atoms with Crippen LogP contribution < -0.4 is 4.74 Å². The van der Waals surface area contributed by atoms with E-state index in [0.717, 1.165) is 38.4 Å². The molecule has 2 aliphatic rings. The van der Waals surface area contributed by atoms with Gasteiger partial charge in [-0.2, -0.15) is 13.2 Å². The fourth-order valence-electron chi connectivity index (χ4n) is 3.97. The maximum Gasteiger partial charge on any atom is 0.417 e. The van der Waals surface area contributed by atoms with Crippen molar-refractivity contribution in [3.63, 3.8) is 0 Å². The number of hydrogen-bond acceptors (Lipinski definition) is 4. The van der Waals surface area contributed by atoms with Gasteiger partial charge in [-0.3, -0.25) is 9.69 Å². The molecule has 1 aliphatic carbocycles. The van der Waals surface area contributed by atoms with E-state index in [4.69, 9.17) is 16.3 Å². The molecule has 5 nitrogen and oxygen atoms in total. The van der Waals surface area contributed by atoms with E-state index >= 15 is 0 Å². The third-order valence-electron chi connectivity index (χ3n) is 5.79. The number of carbonyl (C=O) groups excluding carboxylic acids is 1. The van der Waals surface area contributed by atoms with Gasteiger partial charge in [0, 0.05) is 44.3 Å². The van der Waals surface area contributed by atoms with E-state index in [1.807, 2.05) is 4.90 Å². The average Bonchev–Trinajstić information content (AvgIpc) is 2.69. The van der Waals surface area contributed by atoms with Crippen LogP contribution in [0.5, 0.6) is 5.88 Å². The molecule has 1 amide bonds. The predicted molar refractivity (Wildman–Crippen MR) is 104 cm³/mol. The zero-order valence-corrected chi connectivity index (χ0v) is 17.5. The monoisotopic (exact) mass is 433 g/mol. The molecule has 0 atom stereocenters. The summed E-state index contributed by atoms with van der Waals surface area (Å²) in [6.07, 6.45) is -1.25. The summed E-state index contributed by atoms with van der Waals surface area (Å²) in [6, 6.07) is 1.32. The first-order chi connectivity index (χ1) is 13.6. The Labute approximate surface area is 174 Å². The third kappa shape index (κ3) is 5.54. The molecule has 3 rings (SSSR count). The number of carbonyl (C=O) groups is 1. The van der Waals surface area contributed by atoms with E-state index in [1.165, 1.54) is 0 Å². The molecule has 1 saturated heterocycles. The topological polar surface area (TPSA) is 45.7 Å². The van der Waals surface area contributed by atoms with Gasteiger partial charge in [-0.15, -0.1) is 0 Å². The molecular weight excluding hydrogens is 407 g/mol. The second kappa shape index (κ2) is 9.08. The summed E-state index contributed by atoms with van der Waals surface area (Å²) in [5.41, 5.74) is -0.901. The lowest BCUT2D eigenvalue weighted by molar-refractivity contribution is -0.139. The van der Waals surface area contributed by atoms with E-state index in [1.54, 1.807) is 0 Å². The molecule has 9 heteroatoms. The van der Waals surface area contributed by atoms with E-state index in [0.29, 0.717) is 31.7 Å². The van der Waals surface area contributed by atoms with Gasteiger partial charge in [0.1, 0.15) is 11.1 Å². The van der Waals surface area contributed by atoms with Crippen LogP contribution in [0.3, 0.4) is 0 Å². The van der Waals surface area contributed by atoms with Crippen molar-refractivity contribution in [3.05, 3.63) is 22.8 Å². The van der Waals surface area contributed by atoms with Crippen LogP contribution in [0.25, 0.3) is 0 Å². The Morgan fingerprint density at radius 3 is 2.31 bits per heavy atom. The Hall–Kier alpha value is -1.54. The van der Waals surface area contributed by atoms with Gasteiger partial charge in [-0.05, 0) is 45.6 Å². The highest BCUT2D eigenvalue weighted by molar-refractivity contribution is 6.31. The average molecular weight is 434 g/mol. The largest absolute Gasteiger partial charge is 0.473 e. The molecule has 0 spiro atoms. The van der Waals surface area contributed by atoms with Crippen molar-refractivity contribution in [2.45, 2.75) is 57.9 Å². The molecule has 1 saturated carbocycles. The van der Waals surface area contributed by atoms with E-state index in [9.17, 15) is 18.0 Å².